The molecule has 2 rings (SSSR count). The van der Waals surface area contributed by atoms with Gasteiger partial charge in [0.05, 0.1) is 28.3 Å². The second-order valence-electron chi connectivity index (χ2n) is 6.71. The van der Waals surface area contributed by atoms with Crippen LogP contribution in [0.1, 0.15) is 33.3 Å². The van der Waals surface area contributed by atoms with Crippen LogP contribution in [0.4, 0.5) is 11.4 Å². The quantitative estimate of drug-likeness (QED) is 0.684. The smallest absolute Gasteiger partial charge is 0.275 e. The van der Waals surface area contributed by atoms with E-state index < -0.39 is 4.92 Å². The predicted molar refractivity (Wildman–Crippen MR) is 80.5 cm³/mol. The van der Waals surface area contributed by atoms with Crippen LogP contribution in [-0.2, 0) is 11.3 Å². The maximum absolute atomic E-state index is 10.9. The maximum Gasteiger partial charge on any atom is 0.275 e. The summed E-state index contributed by atoms with van der Waals surface area (Å²) in [7, 11) is 0. The summed E-state index contributed by atoms with van der Waals surface area (Å²) in [6.07, 6.45) is 0. The van der Waals surface area contributed by atoms with Crippen molar-refractivity contribution in [3.05, 3.63) is 33.9 Å². The molecular formula is C15H22N2O4. The summed E-state index contributed by atoms with van der Waals surface area (Å²) in [5, 5.41) is 20.3. The zero-order valence-corrected chi connectivity index (χ0v) is 12.9. The number of hydrogen-bond donors (Lipinski definition) is 1. The van der Waals surface area contributed by atoms with Crippen LogP contribution in [0, 0.1) is 10.1 Å². The molecular weight excluding hydrogens is 272 g/mol. The van der Waals surface area contributed by atoms with Crippen LogP contribution in [0.25, 0.3) is 0 Å². The normalized spacial score (nSPS) is 20.3. The molecule has 0 aromatic heterocycles. The van der Waals surface area contributed by atoms with Gasteiger partial charge < -0.3 is 14.7 Å². The van der Waals surface area contributed by atoms with Gasteiger partial charge in [-0.1, -0.05) is 0 Å². The average Bonchev–Trinajstić information content (AvgIpc) is 2.34. The van der Waals surface area contributed by atoms with Crippen LogP contribution in [0.3, 0.4) is 0 Å². The summed E-state index contributed by atoms with van der Waals surface area (Å²) in [5.41, 5.74) is 0.549. The number of hydrogen-bond acceptors (Lipinski definition) is 5. The molecule has 0 aliphatic carbocycles. The number of rotatable bonds is 3. The topological polar surface area (TPSA) is 75.8 Å². The van der Waals surface area contributed by atoms with Crippen molar-refractivity contribution in [2.45, 2.75) is 45.5 Å². The van der Waals surface area contributed by atoms with Crippen molar-refractivity contribution in [3.63, 3.8) is 0 Å². The van der Waals surface area contributed by atoms with Crippen molar-refractivity contribution in [2.75, 3.05) is 18.0 Å². The lowest BCUT2D eigenvalue weighted by Gasteiger charge is -2.48. The van der Waals surface area contributed by atoms with Crippen LogP contribution in [-0.4, -0.2) is 34.3 Å². The number of benzene rings is 1. The molecule has 1 aromatic carbocycles. The van der Waals surface area contributed by atoms with E-state index in [0.29, 0.717) is 18.7 Å². The van der Waals surface area contributed by atoms with E-state index in [9.17, 15) is 15.2 Å². The number of morpholine rings is 1. The monoisotopic (exact) mass is 294 g/mol. The molecule has 1 aromatic rings. The molecule has 6 heteroatoms. The van der Waals surface area contributed by atoms with Crippen molar-refractivity contribution in [2.24, 2.45) is 0 Å². The van der Waals surface area contributed by atoms with Crippen LogP contribution < -0.4 is 4.90 Å². The van der Waals surface area contributed by atoms with E-state index in [1.807, 2.05) is 27.7 Å². The first-order valence-electron chi connectivity index (χ1n) is 6.97. The number of ether oxygens (including phenoxy) is 1. The predicted octanol–water partition coefficient (Wildman–Crippen LogP) is 2.48. The second-order valence-corrected chi connectivity index (χ2v) is 6.71. The van der Waals surface area contributed by atoms with E-state index in [1.165, 1.54) is 6.07 Å². The SMILES string of the molecule is CC1(C)CN(c2ccc([N+](=O)[O-])c(CO)c2)CC(C)(C)O1. The molecule has 6 nitrogen and oxygen atoms in total. The maximum atomic E-state index is 10.9. The van der Waals surface area contributed by atoms with E-state index in [4.69, 9.17) is 4.74 Å². The van der Waals surface area contributed by atoms with Gasteiger partial charge in [0, 0.05) is 24.8 Å². The summed E-state index contributed by atoms with van der Waals surface area (Å²) in [6, 6.07) is 4.88. The number of nitro groups is 1. The minimum absolute atomic E-state index is 0.0481. The summed E-state index contributed by atoms with van der Waals surface area (Å²) in [4.78, 5) is 12.6. The molecule has 0 saturated carbocycles. The molecule has 21 heavy (non-hydrogen) atoms. The van der Waals surface area contributed by atoms with Gasteiger partial charge in [-0.2, -0.15) is 0 Å². The summed E-state index contributed by atoms with van der Waals surface area (Å²) in [6.45, 7) is 9.15. The lowest BCUT2D eigenvalue weighted by Crippen LogP contribution is -2.57. The van der Waals surface area contributed by atoms with Gasteiger partial charge in [0.2, 0.25) is 0 Å². The van der Waals surface area contributed by atoms with Gasteiger partial charge in [0.1, 0.15) is 0 Å². The van der Waals surface area contributed by atoms with Crippen LogP contribution in [0.5, 0.6) is 0 Å². The summed E-state index contributed by atoms with van der Waals surface area (Å²) in [5.74, 6) is 0. The Balaban J connectivity index is 2.35. The Hall–Kier alpha value is -1.66. The van der Waals surface area contributed by atoms with Gasteiger partial charge in [-0.05, 0) is 39.8 Å². The Morgan fingerprint density at radius 1 is 1.29 bits per heavy atom. The van der Waals surface area contributed by atoms with Crippen molar-refractivity contribution in [3.8, 4) is 0 Å². The third-order valence-electron chi connectivity index (χ3n) is 3.49. The third kappa shape index (κ3) is 3.51. The third-order valence-corrected chi connectivity index (χ3v) is 3.49. The fourth-order valence-electron chi connectivity index (χ4n) is 3.04. The lowest BCUT2D eigenvalue weighted by molar-refractivity contribution is -0.385. The second kappa shape index (κ2) is 5.27. The largest absolute Gasteiger partial charge is 0.391 e. The fraction of sp³-hybridized carbons (Fsp3) is 0.600. The highest BCUT2D eigenvalue weighted by molar-refractivity contribution is 5.56. The zero-order chi connectivity index (χ0) is 15.8. The molecule has 1 saturated heterocycles. The Morgan fingerprint density at radius 3 is 2.33 bits per heavy atom. The molecule has 0 spiro atoms. The molecule has 1 aliphatic rings. The van der Waals surface area contributed by atoms with E-state index in [2.05, 4.69) is 4.90 Å². The molecule has 0 amide bonds. The zero-order valence-electron chi connectivity index (χ0n) is 12.9. The minimum Gasteiger partial charge on any atom is -0.391 e. The fourth-order valence-corrected chi connectivity index (χ4v) is 3.04. The minimum atomic E-state index is -0.470. The summed E-state index contributed by atoms with van der Waals surface area (Å²) < 4.78 is 6.03. The van der Waals surface area contributed by atoms with E-state index in [-0.39, 0.29) is 23.5 Å². The highest BCUT2D eigenvalue weighted by Crippen LogP contribution is 2.33. The van der Waals surface area contributed by atoms with Crippen LogP contribution in [0.15, 0.2) is 18.2 Å². The molecule has 0 unspecified atom stereocenters. The number of nitrogens with zero attached hydrogens (tertiary/aromatic N) is 2. The van der Waals surface area contributed by atoms with Gasteiger partial charge in [-0.25, -0.2) is 0 Å². The first kappa shape index (κ1) is 15.7. The first-order chi connectivity index (χ1) is 9.63. The molecule has 1 heterocycles. The number of anilines is 1. The molecule has 1 aliphatic heterocycles. The van der Waals surface area contributed by atoms with Crippen molar-refractivity contribution in [1.29, 1.82) is 0 Å². The van der Waals surface area contributed by atoms with Gasteiger partial charge in [0.25, 0.3) is 5.69 Å². The van der Waals surface area contributed by atoms with Gasteiger partial charge in [-0.15, -0.1) is 0 Å². The molecule has 0 radical (unpaired) electrons. The van der Waals surface area contributed by atoms with E-state index >= 15 is 0 Å². The van der Waals surface area contributed by atoms with Crippen molar-refractivity contribution >= 4 is 11.4 Å². The standard InChI is InChI=1S/C15H22N2O4/c1-14(2)9-16(10-15(3,4)21-14)12-5-6-13(17(19)20)11(7-12)8-18/h5-7,18H,8-10H2,1-4H3. The Labute approximate surface area is 124 Å². The number of nitro benzene ring substituents is 1. The number of aliphatic hydroxyl groups is 1. The molecule has 116 valence electrons. The van der Waals surface area contributed by atoms with E-state index in [0.717, 1.165) is 5.69 Å². The first-order valence-corrected chi connectivity index (χ1v) is 6.97. The molecule has 0 atom stereocenters. The van der Waals surface area contributed by atoms with Gasteiger partial charge >= 0.3 is 0 Å². The lowest BCUT2D eigenvalue weighted by atomic mass is 9.98. The van der Waals surface area contributed by atoms with Crippen molar-refractivity contribution < 1.29 is 14.8 Å². The Morgan fingerprint density at radius 2 is 1.86 bits per heavy atom. The van der Waals surface area contributed by atoms with Crippen LogP contribution >= 0.6 is 0 Å². The highest BCUT2D eigenvalue weighted by Gasteiger charge is 2.38. The Bertz CT molecular complexity index is 539. The van der Waals surface area contributed by atoms with Gasteiger partial charge in [-0.3, -0.25) is 10.1 Å². The Kier molecular flexibility index (Phi) is 3.95. The highest BCUT2D eigenvalue weighted by atomic mass is 16.6. The van der Waals surface area contributed by atoms with Gasteiger partial charge in [0.15, 0.2) is 0 Å². The molecule has 1 fully saturated rings. The van der Waals surface area contributed by atoms with Crippen molar-refractivity contribution in [1.82, 2.24) is 0 Å². The average molecular weight is 294 g/mol. The molecule has 0 bridgehead atoms. The molecule has 1 N–H and O–H groups in total. The summed E-state index contributed by atoms with van der Waals surface area (Å²) >= 11 is 0. The van der Waals surface area contributed by atoms with Crippen LogP contribution in [0.2, 0.25) is 0 Å². The number of aliphatic hydroxyl groups excluding tert-OH is 1. The van der Waals surface area contributed by atoms with E-state index in [1.54, 1.807) is 12.1 Å².